The van der Waals surface area contributed by atoms with Crippen LogP contribution in [0.3, 0.4) is 0 Å². The van der Waals surface area contributed by atoms with Crippen molar-refractivity contribution in [3.05, 3.63) is 22.4 Å². The number of carbonyl (C=O) groups excluding carboxylic acids is 1. The molecule has 0 aliphatic rings. The number of hydrogen-bond acceptors (Lipinski definition) is 4. The Balaban J connectivity index is 2.56. The van der Waals surface area contributed by atoms with Gasteiger partial charge in [-0.1, -0.05) is 25.8 Å². The molecule has 1 aromatic rings. The van der Waals surface area contributed by atoms with E-state index in [2.05, 4.69) is 17.2 Å². The molecule has 0 aliphatic heterocycles. The van der Waals surface area contributed by atoms with Gasteiger partial charge >= 0.3 is 0 Å². The van der Waals surface area contributed by atoms with E-state index in [1.165, 1.54) is 11.3 Å². The van der Waals surface area contributed by atoms with E-state index < -0.39 is 0 Å². The Labute approximate surface area is 118 Å². The van der Waals surface area contributed by atoms with Crippen molar-refractivity contribution in [1.29, 1.82) is 0 Å². The molecule has 1 aromatic heterocycles. The maximum Gasteiger partial charge on any atom is 0.291 e. The highest BCUT2D eigenvalue weighted by molar-refractivity contribution is 7.12. The molecule has 1 heterocycles. The zero-order valence-corrected chi connectivity index (χ0v) is 12.6. The molecule has 0 aromatic carbocycles. The number of nitrogens with zero attached hydrogens (tertiary/aromatic N) is 1. The average molecular weight is 282 g/mol. The zero-order chi connectivity index (χ0) is 14.1. The molecule has 0 aliphatic carbocycles. The summed E-state index contributed by atoms with van der Waals surface area (Å²) in [4.78, 5) is 16.9. The normalized spacial score (nSPS) is 11.7. The van der Waals surface area contributed by atoms with Gasteiger partial charge in [-0.3, -0.25) is 10.1 Å². The van der Waals surface area contributed by atoms with Crippen LogP contribution in [0.2, 0.25) is 0 Å². The molecule has 19 heavy (non-hydrogen) atoms. The molecule has 5 heteroatoms. The summed E-state index contributed by atoms with van der Waals surface area (Å²) < 4.78 is 5.52. The number of ether oxygens (including phenoxy) is 1. The van der Waals surface area contributed by atoms with E-state index >= 15 is 0 Å². The van der Waals surface area contributed by atoms with E-state index in [-0.39, 0.29) is 12.0 Å². The predicted molar refractivity (Wildman–Crippen MR) is 79.8 cm³/mol. The summed E-state index contributed by atoms with van der Waals surface area (Å²) in [5.41, 5.74) is 0. The van der Waals surface area contributed by atoms with Gasteiger partial charge in [-0.05, 0) is 31.7 Å². The van der Waals surface area contributed by atoms with Crippen LogP contribution in [0.4, 0.5) is 0 Å². The molecule has 0 saturated carbocycles. The fourth-order valence-electron chi connectivity index (χ4n) is 1.44. The van der Waals surface area contributed by atoms with Gasteiger partial charge in [0.1, 0.15) is 0 Å². The first-order valence-corrected chi connectivity index (χ1v) is 7.57. The van der Waals surface area contributed by atoms with Gasteiger partial charge in [0.05, 0.1) is 11.0 Å². The lowest BCUT2D eigenvalue weighted by Gasteiger charge is -2.12. The second-order valence-corrected chi connectivity index (χ2v) is 5.44. The highest BCUT2D eigenvalue weighted by Gasteiger charge is 2.11. The summed E-state index contributed by atoms with van der Waals surface area (Å²) in [5, 5.41) is 4.60. The smallest absolute Gasteiger partial charge is 0.291 e. The molecule has 0 unspecified atom stereocenters. The van der Waals surface area contributed by atoms with Gasteiger partial charge in [-0.15, -0.1) is 11.3 Å². The highest BCUT2D eigenvalue weighted by Crippen LogP contribution is 2.08. The summed E-state index contributed by atoms with van der Waals surface area (Å²) in [6, 6.07) is 3.95. The number of thiophene rings is 1. The molecule has 0 spiro atoms. The maximum atomic E-state index is 11.9. The Bertz CT molecular complexity index is 400. The first kappa shape index (κ1) is 15.7. The molecule has 1 amide bonds. The Kier molecular flexibility index (Phi) is 7.18. The molecule has 0 radical (unpaired) electrons. The van der Waals surface area contributed by atoms with E-state index in [1.54, 1.807) is 6.07 Å². The van der Waals surface area contributed by atoms with Crippen molar-refractivity contribution in [2.24, 2.45) is 4.99 Å². The van der Waals surface area contributed by atoms with Gasteiger partial charge in [0.15, 0.2) is 0 Å². The number of unbranched alkanes of at least 4 members (excludes halogenated alkanes) is 2. The van der Waals surface area contributed by atoms with Gasteiger partial charge in [0.2, 0.25) is 0 Å². The van der Waals surface area contributed by atoms with Crippen LogP contribution in [0.1, 0.15) is 49.7 Å². The fraction of sp³-hybridized carbons (Fsp3) is 0.571. The quantitative estimate of drug-likeness (QED) is 0.493. The Morgan fingerprint density at radius 3 is 2.84 bits per heavy atom. The van der Waals surface area contributed by atoms with Gasteiger partial charge in [-0.25, -0.2) is 4.99 Å². The minimum absolute atomic E-state index is 0.00596. The topological polar surface area (TPSA) is 50.7 Å². The van der Waals surface area contributed by atoms with Crippen molar-refractivity contribution in [1.82, 2.24) is 5.32 Å². The minimum Gasteiger partial charge on any atom is -0.462 e. The Morgan fingerprint density at radius 2 is 2.26 bits per heavy atom. The van der Waals surface area contributed by atoms with Gasteiger partial charge < -0.3 is 4.74 Å². The number of rotatable bonds is 6. The predicted octanol–water partition coefficient (Wildman–Crippen LogP) is 3.45. The van der Waals surface area contributed by atoms with E-state index in [9.17, 15) is 4.79 Å². The lowest BCUT2D eigenvalue weighted by molar-refractivity contribution is 0.0963. The average Bonchev–Trinajstić information content (AvgIpc) is 2.87. The summed E-state index contributed by atoms with van der Waals surface area (Å²) in [6.45, 7) is 6.66. The largest absolute Gasteiger partial charge is 0.462 e. The van der Waals surface area contributed by atoms with Crippen LogP contribution in [0.25, 0.3) is 0 Å². The second-order valence-electron chi connectivity index (χ2n) is 4.49. The van der Waals surface area contributed by atoms with E-state index in [4.69, 9.17) is 4.74 Å². The van der Waals surface area contributed by atoms with Crippen molar-refractivity contribution >= 4 is 23.3 Å². The molecular formula is C14H22N2O2S. The fourth-order valence-corrected chi connectivity index (χ4v) is 2.06. The lowest BCUT2D eigenvalue weighted by Crippen LogP contribution is -2.34. The molecule has 1 rings (SSSR count). The number of carbonyl (C=O) groups is 1. The van der Waals surface area contributed by atoms with Crippen LogP contribution in [0.5, 0.6) is 0 Å². The van der Waals surface area contributed by atoms with Crippen LogP contribution in [-0.4, -0.2) is 24.6 Å². The maximum absolute atomic E-state index is 11.9. The summed E-state index contributed by atoms with van der Waals surface area (Å²) in [6.07, 6.45) is 3.29. The van der Waals surface area contributed by atoms with Crippen LogP contribution in [0, 0.1) is 0 Å². The third-order valence-electron chi connectivity index (χ3n) is 2.33. The highest BCUT2D eigenvalue weighted by atomic mass is 32.1. The molecule has 106 valence electrons. The molecule has 4 nitrogen and oxygen atoms in total. The van der Waals surface area contributed by atoms with Crippen molar-refractivity contribution in [3.63, 3.8) is 0 Å². The van der Waals surface area contributed by atoms with E-state index in [1.807, 2.05) is 25.3 Å². The molecule has 1 N–H and O–H groups in total. The number of amides is 1. The van der Waals surface area contributed by atoms with E-state index in [0.717, 1.165) is 19.3 Å². The van der Waals surface area contributed by atoms with Gasteiger partial charge in [0, 0.05) is 6.54 Å². The monoisotopic (exact) mass is 282 g/mol. The van der Waals surface area contributed by atoms with Crippen LogP contribution >= 0.6 is 11.3 Å². The Morgan fingerprint density at radius 1 is 1.47 bits per heavy atom. The third kappa shape index (κ3) is 6.38. The first-order chi connectivity index (χ1) is 9.13. The van der Waals surface area contributed by atoms with E-state index in [0.29, 0.717) is 17.4 Å². The minimum atomic E-state index is -0.162. The van der Waals surface area contributed by atoms with Crippen molar-refractivity contribution in [2.45, 2.75) is 46.1 Å². The summed E-state index contributed by atoms with van der Waals surface area (Å²) in [5.74, 6) is -0.162. The molecule has 0 fully saturated rings. The number of hydrogen-bond donors (Lipinski definition) is 1. The molecular weight excluding hydrogens is 260 g/mol. The standard InChI is InChI=1S/C14H22N2O2S/c1-4-5-6-9-15-14(18-11(2)3)16-13(17)12-8-7-10-19-12/h7-8,10-11H,4-6,9H2,1-3H3,(H,15,16,17). The Hall–Kier alpha value is -1.36. The second kappa shape index (κ2) is 8.69. The first-order valence-electron chi connectivity index (χ1n) is 6.69. The zero-order valence-electron chi connectivity index (χ0n) is 11.8. The summed E-state index contributed by atoms with van der Waals surface area (Å²) >= 11 is 1.40. The van der Waals surface area contributed by atoms with Gasteiger partial charge in [0.25, 0.3) is 11.9 Å². The number of amidine groups is 1. The van der Waals surface area contributed by atoms with Gasteiger partial charge in [-0.2, -0.15) is 0 Å². The number of aliphatic imine (C=N–C) groups is 1. The third-order valence-corrected chi connectivity index (χ3v) is 3.20. The molecule has 0 saturated heterocycles. The van der Waals surface area contributed by atoms with Crippen LogP contribution in [0.15, 0.2) is 22.5 Å². The van der Waals surface area contributed by atoms with Crippen molar-refractivity contribution in [2.75, 3.05) is 6.54 Å². The molecule has 0 atom stereocenters. The lowest BCUT2D eigenvalue weighted by atomic mass is 10.2. The summed E-state index contributed by atoms with van der Waals surface area (Å²) in [7, 11) is 0. The number of nitrogens with one attached hydrogen (secondary N) is 1. The SMILES string of the molecule is CCCCCN=C(NC(=O)c1cccs1)OC(C)C. The van der Waals surface area contributed by atoms with Crippen LogP contribution < -0.4 is 5.32 Å². The van der Waals surface area contributed by atoms with Crippen molar-refractivity contribution in [3.8, 4) is 0 Å². The van der Waals surface area contributed by atoms with Crippen molar-refractivity contribution < 1.29 is 9.53 Å². The van der Waals surface area contributed by atoms with Crippen LogP contribution in [-0.2, 0) is 4.74 Å². The molecule has 0 bridgehead atoms.